The lowest BCUT2D eigenvalue weighted by Crippen LogP contribution is -2.06. The summed E-state index contributed by atoms with van der Waals surface area (Å²) in [7, 11) is 2.79. The number of methoxy groups -OCH3 is 2. The predicted octanol–water partition coefficient (Wildman–Crippen LogP) is 3.77. The first-order valence-corrected chi connectivity index (χ1v) is 8.09. The van der Waals surface area contributed by atoms with Crippen LogP contribution in [0.5, 0.6) is 11.6 Å². The molecular formula is C19H22N2O4. The largest absolute Gasteiger partial charge is 0.503 e. The molecule has 0 spiro atoms. The van der Waals surface area contributed by atoms with E-state index in [1.807, 2.05) is 12.1 Å². The molecule has 6 nitrogen and oxygen atoms in total. The van der Waals surface area contributed by atoms with Crippen molar-refractivity contribution < 1.29 is 19.0 Å². The predicted molar refractivity (Wildman–Crippen MR) is 94.2 cm³/mol. The highest BCUT2D eigenvalue weighted by atomic mass is 16.5. The number of benzene rings is 1. The number of ether oxygens (including phenoxy) is 3. The van der Waals surface area contributed by atoms with Crippen LogP contribution in [0.15, 0.2) is 42.9 Å². The van der Waals surface area contributed by atoms with Crippen LogP contribution in [0.4, 0.5) is 0 Å². The molecule has 25 heavy (non-hydrogen) atoms. The van der Waals surface area contributed by atoms with Gasteiger partial charge < -0.3 is 14.2 Å². The summed E-state index contributed by atoms with van der Waals surface area (Å²) in [5.74, 6) is 0.399. The first-order chi connectivity index (χ1) is 12.2. The van der Waals surface area contributed by atoms with E-state index in [9.17, 15) is 4.79 Å². The number of carbonyl (C=O) groups is 1. The van der Waals surface area contributed by atoms with E-state index >= 15 is 0 Å². The highest BCUT2D eigenvalue weighted by Crippen LogP contribution is 2.30. The highest BCUT2D eigenvalue weighted by Gasteiger charge is 2.18. The van der Waals surface area contributed by atoms with E-state index < -0.39 is 5.97 Å². The van der Waals surface area contributed by atoms with Crippen molar-refractivity contribution in [1.82, 2.24) is 9.97 Å². The van der Waals surface area contributed by atoms with Gasteiger partial charge in [0.1, 0.15) is 17.6 Å². The van der Waals surface area contributed by atoms with E-state index in [4.69, 9.17) is 14.2 Å². The van der Waals surface area contributed by atoms with Crippen molar-refractivity contribution >= 4 is 11.5 Å². The molecule has 6 heteroatoms. The second-order valence-electron chi connectivity index (χ2n) is 5.31. The summed E-state index contributed by atoms with van der Waals surface area (Å²) in [4.78, 5) is 20.4. The summed E-state index contributed by atoms with van der Waals surface area (Å²) in [6.07, 6.45) is 5.83. The summed E-state index contributed by atoms with van der Waals surface area (Å²) in [6.45, 7) is 2.13. The van der Waals surface area contributed by atoms with Crippen LogP contribution in [0.3, 0.4) is 0 Å². The molecule has 0 bridgehead atoms. The molecule has 1 heterocycles. The molecule has 0 saturated carbocycles. The van der Waals surface area contributed by atoms with Crippen LogP contribution in [-0.2, 0) is 20.7 Å². The van der Waals surface area contributed by atoms with E-state index in [-0.39, 0.29) is 5.57 Å². The maximum atomic E-state index is 12.0. The highest BCUT2D eigenvalue weighted by molar-refractivity contribution is 6.17. The number of hydrogen-bond acceptors (Lipinski definition) is 6. The van der Waals surface area contributed by atoms with Crippen LogP contribution in [0.1, 0.15) is 31.0 Å². The minimum absolute atomic E-state index is 0.265. The average molecular weight is 342 g/mol. The van der Waals surface area contributed by atoms with Gasteiger partial charge in [0.05, 0.1) is 20.5 Å². The number of nitrogens with zero attached hydrogens (tertiary/aromatic N) is 2. The van der Waals surface area contributed by atoms with Gasteiger partial charge in [0.2, 0.25) is 5.88 Å². The van der Waals surface area contributed by atoms with Gasteiger partial charge in [0.15, 0.2) is 0 Å². The molecule has 132 valence electrons. The second-order valence-corrected chi connectivity index (χ2v) is 5.31. The molecule has 0 aliphatic rings. The van der Waals surface area contributed by atoms with Gasteiger partial charge in [-0.2, -0.15) is 0 Å². The van der Waals surface area contributed by atoms with E-state index in [0.29, 0.717) is 17.2 Å². The Balaban J connectivity index is 2.32. The molecule has 1 aromatic heterocycles. The van der Waals surface area contributed by atoms with Crippen LogP contribution < -0.4 is 4.74 Å². The Morgan fingerprint density at radius 3 is 2.72 bits per heavy atom. The molecule has 1 aromatic carbocycles. The van der Waals surface area contributed by atoms with Crippen LogP contribution in [-0.4, -0.2) is 30.2 Å². The van der Waals surface area contributed by atoms with E-state index in [1.54, 1.807) is 18.2 Å². The van der Waals surface area contributed by atoms with Crippen molar-refractivity contribution in [3.63, 3.8) is 0 Å². The van der Waals surface area contributed by atoms with Crippen molar-refractivity contribution in [3.8, 4) is 11.6 Å². The Morgan fingerprint density at radius 1 is 1.20 bits per heavy atom. The molecule has 2 aromatic rings. The number of para-hydroxylation sites is 1. The molecule has 0 N–H and O–H groups in total. The lowest BCUT2D eigenvalue weighted by atomic mass is 10.1. The number of carbonyl (C=O) groups excluding carboxylic acids is 1. The summed E-state index contributed by atoms with van der Waals surface area (Å²) >= 11 is 0. The zero-order chi connectivity index (χ0) is 18.1. The van der Waals surface area contributed by atoms with E-state index in [1.165, 1.54) is 26.8 Å². The number of rotatable bonds is 8. The van der Waals surface area contributed by atoms with Crippen LogP contribution in [0.2, 0.25) is 0 Å². The molecule has 0 aliphatic heterocycles. The first kappa shape index (κ1) is 18.4. The van der Waals surface area contributed by atoms with Gasteiger partial charge in [-0.1, -0.05) is 31.5 Å². The summed E-state index contributed by atoms with van der Waals surface area (Å²) in [5, 5.41) is 0. The molecule has 2 rings (SSSR count). The molecule has 0 saturated heterocycles. The third kappa shape index (κ3) is 5.04. The van der Waals surface area contributed by atoms with Crippen molar-refractivity contribution in [1.29, 1.82) is 0 Å². The molecule has 0 atom stereocenters. The van der Waals surface area contributed by atoms with Gasteiger partial charge in [-0.3, -0.25) is 0 Å². The second kappa shape index (κ2) is 9.42. The quantitative estimate of drug-likeness (QED) is 0.413. The smallest absolute Gasteiger partial charge is 0.341 e. The van der Waals surface area contributed by atoms with Crippen LogP contribution in [0.25, 0.3) is 5.57 Å². The van der Waals surface area contributed by atoms with Gasteiger partial charge in [0.25, 0.3) is 0 Å². The zero-order valence-corrected chi connectivity index (χ0v) is 14.7. The lowest BCUT2D eigenvalue weighted by Gasteiger charge is -2.12. The molecule has 0 unspecified atom stereocenters. The normalized spacial score (nSPS) is 11.1. The summed E-state index contributed by atoms with van der Waals surface area (Å²) in [6, 6.07) is 8.96. The number of esters is 1. The molecule has 0 fully saturated rings. The Hall–Kier alpha value is -2.89. The van der Waals surface area contributed by atoms with Gasteiger partial charge in [-0.25, -0.2) is 14.8 Å². The number of unbranched alkanes of at least 4 members (excludes halogenated alkanes) is 1. The fraction of sp³-hybridized carbons (Fsp3) is 0.316. The van der Waals surface area contributed by atoms with Gasteiger partial charge in [-0.05, 0) is 18.9 Å². The Morgan fingerprint density at radius 2 is 2.00 bits per heavy atom. The van der Waals surface area contributed by atoms with Crippen molar-refractivity contribution in [2.75, 3.05) is 14.2 Å². The monoisotopic (exact) mass is 342 g/mol. The van der Waals surface area contributed by atoms with Crippen molar-refractivity contribution in [2.45, 2.75) is 26.2 Å². The molecule has 0 amide bonds. The third-order valence-electron chi connectivity index (χ3n) is 3.52. The van der Waals surface area contributed by atoms with Gasteiger partial charge in [-0.15, -0.1) is 0 Å². The fourth-order valence-corrected chi connectivity index (χ4v) is 2.27. The van der Waals surface area contributed by atoms with Gasteiger partial charge >= 0.3 is 5.97 Å². The van der Waals surface area contributed by atoms with Crippen LogP contribution >= 0.6 is 0 Å². The Labute approximate surface area is 147 Å². The Bertz CT molecular complexity index is 744. The van der Waals surface area contributed by atoms with E-state index in [2.05, 4.69) is 16.9 Å². The minimum atomic E-state index is -0.510. The Kier molecular flexibility index (Phi) is 6.95. The van der Waals surface area contributed by atoms with Crippen molar-refractivity contribution in [3.05, 3.63) is 54.2 Å². The summed E-state index contributed by atoms with van der Waals surface area (Å²) in [5.41, 5.74) is 1.75. The number of aryl methyl sites for hydroxylation is 1. The SMILES string of the molecule is CCCCc1cc(Oc2ccccc2/C(=C/OC)C(=O)OC)ncn1. The number of aromatic nitrogens is 2. The van der Waals surface area contributed by atoms with Crippen molar-refractivity contribution in [2.24, 2.45) is 0 Å². The average Bonchev–Trinajstić information content (AvgIpc) is 2.65. The molecule has 0 aliphatic carbocycles. The first-order valence-electron chi connectivity index (χ1n) is 8.09. The van der Waals surface area contributed by atoms with E-state index in [0.717, 1.165) is 25.0 Å². The maximum Gasteiger partial charge on any atom is 0.341 e. The third-order valence-corrected chi connectivity index (χ3v) is 3.52. The minimum Gasteiger partial charge on any atom is -0.503 e. The topological polar surface area (TPSA) is 70.5 Å². The zero-order valence-electron chi connectivity index (χ0n) is 14.7. The molecule has 0 radical (unpaired) electrons. The maximum absolute atomic E-state index is 12.0. The standard InChI is InChI=1S/C19H22N2O4/c1-4-5-8-14-11-18(21-13-20-14)25-17-10-7-6-9-15(17)16(12-23-2)19(22)24-3/h6-7,9-13H,4-5,8H2,1-3H3/b16-12-. The molecular weight excluding hydrogens is 320 g/mol. The fourth-order valence-electron chi connectivity index (χ4n) is 2.27. The lowest BCUT2D eigenvalue weighted by molar-refractivity contribution is -0.133. The number of hydrogen-bond donors (Lipinski definition) is 0. The summed E-state index contributed by atoms with van der Waals surface area (Å²) < 4.78 is 15.7. The van der Waals surface area contributed by atoms with Crippen LogP contribution in [0, 0.1) is 0 Å². The van der Waals surface area contributed by atoms with Gasteiger partial charge in [0, 0.05) is 17.3 Å².